The lowest BCUT2D eigenvalue weighted by Gasteiger charge is -2.22. The molecular formula is C12H18N4O3S. The van der Waals surface area contributed by atoms with Crippen molar-refractivity contribution in [2.45, 2.75) is 24.5 Å². The molecule has 0 aliphatic rings. The smallest absolute Gasteiger partial charge is 0.260 e. The average molecular weight is 298 g/mol. The lowest BCUT2D eigenvalue weighted by molar-refractivity contribution is 0.0276. The Morgan fingerprint density at radius 2 is 2.15 bits per heavy atom. The topological polar surface area (TPSA) is 98.7 Å². The van der Waals surface area contributed by atoms with E-state index in [1.54, 1.807) is 38.2 Å². The number of hydrogen-bond acceptors (Lipinski definition) is 5. The monoisotopic (exact) mass is 298 g/mol. The van der Waals surface area contributed by atoms with Crippen LogP contribution < -0.4 is 10.5 Å². The van der Waals surface area contributed by atoms with Crippen molar-refractivity contribution in [3.8, 4) is 0 Å². The Labute approximate surface area is 117 Å². The Hall–Kier alpha value is -1.64. The number of pyridine rings is 1. The molecule has 8 heteroatoms. The summed E-state index contributed by atoms with van der Waals surface area (Å²) in [6, 6.07) is 5.17. The van der Waals surface area contributed by atoms with Gasteiger partial charge in [0, 0.05) is 19.9 Å². The second-order valence-corrected chi connectivity index (χ2v) is 6.70. The van der Waals surface area contributed by atoms with E-state index in [1.807, 2.05) is 0 Å². The summed E-state index contributed by atoms with van der Waals surface area (Å²) in [5.74, 6) is -0.0288. The van der Waals surface area contributed by atoms with Gasteiger partial charge in [0.25, 0.3) is 10.0 Å². The Bertz CT molecular complexity index is 721. The van der Waals surface area contributed by atoms with Crippen LogP contribution in [-0.4, -0.2) is 37.1 Å². The van der Waals surface area contributed by atoms with Gasteiger partial charge in [0.15, 0.2) is 10.8 Å². The van der Waals surface area contributed by atoms with Gasteiger partial charge in [-0.1, -0.05) is 6.07 Å². The number of imidazole rings is 1. The van der Waals surface area contributed by atoms with Crippen molar-refractivity contribution in [1.29, 1.82) is 0 Å². The lowest BCUT2D eigenvalue weighted by Crippen LogP contribution is -2.40. The van der Waals surface area contributed by atoms with E-state index in [0.29, 0.717) is 5.65 Å². The van der Waals surface area contributed by atoms with Crippen LogP contribution in [0.25, 0.3) is 5.65 Å². The van der Waals surface area contributed by atoms with Gasteiger partial charge >= 0.3 is 0 Å². The van der Waals surface area contributed by atoms with Gasteiger partial charge < -0.3 is 10.5 Å². The molecule has 0 fully saturated rings. The third-order valence-electron chi connectivity index (χ3n) is 3.01. The van der Waals surface area contributed by atoms with E-state index in [1.165, 1.54) is 11.5 Å². The van der Waals surface area contributed by atoms with E-state index in [2.05, 4.69) is 9.71 Å². The van der Waals surface area contributed by atoms with Crippen molar-refractivity contribution in [2.75, 3.05) is 19.4 Å². The Morgan fingerprint density at radius 3 is 2.80 bits per heavy atom. The number of rotatable bonds is 5. The molecule has 110 valence electrons. The van der Waals surface area contributed by atoms with E-state index in [4.69, 9.17) is 10.5 Å². The minimum atomic E-state index is -3.77. The van der Waals surface area contributed by atoms with E-state index < -0.39 is 15.6 Å². The number of anilines is 1. The second-order valence-electron chi connectivity index (χ2n) is 5.02. The first-order chi connectivity index (χ1) is 9.27. The highest BCUT2D eigenvalue weighted by molar-refractivity contribution is 7.89. The first-order valence-electron chi connectivity index (χ1n) is 6.04. The van der Waals surface area contributed by atoms with Crippen molar-refractivity contribution in [3.63, 3.8) is 0 Å². The highest BCUT2D eigenvalue weighted by atomic mass is 32.2. The van der Waals surface area contributed by atoms with Gasteiger partial charge in [-0.25, -0.2) is 18.1 Å². The van der Waals surface area contributed by atoms with Gasteiger partial charge in [-0.15, -0.1) is 0 Å². The van der Waals surface area contributed by atoms with Crippen LogP contribution in [-0.2, 0) is 14.8 Å². The largest absolute Gasteiger partial charge is 0.381 e. The fourth-order valence-electron chi connectivity index (χ4n) is 1.67. The number of nitrogen functional groups attached to an aromatic ring is 1. The van der Waals surface area contributed by atoms with Gasteiger partial charge in [0.1, 0.15) is 5.65 Å². The van der Waals surface area contributed by atoms with Gasteiger partial charge in [0.05, 0.1) is 5.60 Å². The number of aromatic nitrogens is 2. The molecule has 0 aromatic carbocycles. The first kappa shape index (κ1) is 14.8. The summed E-state index contributed by atoms with van der Waals surface area (Å²) in [6.07, 6.45) is 1.61. The van der Waals surface area contributed by atoms with Crippen LogP contribution in [0.4, 0.5) is 5.82 Å². The standard InChI is InChI=1S/C12H18N4O3S/c1-12(2,19-3)8-14-20(17,18)11-10(13)15-9-6-4-5-7-16(9)11/h4-7,14H,8,13H2,1-3H3. The second kappa shape index (κ2) is 5.04. The summed E-state index contributed by atoms with van der Waals surface area (Å²) in [6.45, 7) is 3.70. The predicted octanol–water partition coefficient (Wildman–Crippen LogP) is 0.620. The number of nitrogens with zero attached hydrogens (tertiary/aromatic N) is 2. The molecule has 0 spiro atoms. The summed E-state index contributed by atoms with van der Waals surface area (Å²) < 4.78 is 33.9. The van der Waals surface area contributed by atoms with Crippen molar-refractivity contribution >= 4 is 21.5 Å². The molecule has 2 aromatic heterocycles. The molecule has 2 rings (SSSR count). The van der Waals surface area contributed by atoms with Crippen LogP contribution in [0.15, 0.2) is 29.4 Å². The van der Waals surface area contributed by atoms with Crippen molar-refractivity contribution in [2.24, 2.45) is 0 Å². The highest BCUT2D eigenvalue weighted by Crippen LogP contribution is 2.20. The molecule has 0 radical (unpaired) electrons. The summed E-state index contributed by atoms with van der Waals surface area (Å²) in [4.78, 5) is 4.03. The maximum Gasteiger partial charge on any atom is 0.260 e. The van der Waals surface area contributed by atoms with Crippen LogP contribution >= 0.6 is 0 Å². The molecule has 7 nitrogen and oxygen atoms in total. The number of hydrogen-bond donors (Lipinski definition) is 2. The molecule has 3 N–H and O–H groups in total. The number of fused-ring (bicyclic) bond motifs is 1. The number of ether oxygens (including phenoxy) is 1. The van der Waals surface area contributed by atoms with Crippen LogP contribution in [0.1, 0.15) is 13.8 Å². The average Bonchev–Trinajstić information content (AvgIpc) is 2.73. The molecule has 0 saturated heterocycles. The maximum atomic E-state index is 12.4. The van der Waals surface area contributed by atoms with Crippen LogP contribution in [0.3, 0.4) is 0 Å². The van der Waals surface area contributed by atoms with Crippen LogP contribution in [0.5, 0.6) is 0 Å². The molecule has 0 amide bonds. The fraction of sp³-hybridized carbons (Fsp3) is 0.417. The summed E-state index contributed by atoms with van der Waals surface area (Å²) >= 11 is 0. The molecule has 20 heavy (non-hydrogen) atoms. The van der Waals surface area contributed by atoms with Crippen molar-refractivity contribution in [1.82, 2.24) is 14.1 Å². The number of nitrogens with two attached hydrogens (primary N) is 1. The zero-order valence-electron chi connectivity index (χ0n) is 11.6. The Kier molecular flexibility index (Phi) is 3.72. The molecule has 2 aromatic rings. The first-order valence-corrected chi connectivity index (χ1v) is 7.52. The highest BCUT2D eigenvalue weighted by Gasteiger charge is 2.26. The zero-order chi connectivity index (χ0) is 15.0. The molecule has 0 atom stereocenters. The molecular weight excluding hydrogens is 280 g/mol. The predicted molar refractivity (Wildman–Crippen MR) is 75.9 cm³/mol. The number of sulfonamides is 1. The summed E-state index contributed by atoms with van der Waals surface area (Å²) in [7, 11) is -2.25. The van der Waals surface area contributed by atoms with E-state index in [9.17, 15) is 8.42 Å². The molecule has 0 saturated carbocycles. The normalized spacial score (nSPS) is 12.9. The molecule has 0 unspecified atom stereocenters. The number of nitrogens with one attached hydrogen (secondary N) is 1. The third-order valence-corrected chi connectivity index (χ3v) is 4.45. The van der Waals surface area contributed by atoms with Gasteiger partial charge in [0.2, 0.25) is 0 Å². The maximum absolute atomic E-state index is 12.4. The SMILES string of the molecule is COC(C)(C)CNS(=O)(=O)c1c(N)nc2ccccn12. The molecule has 0 aliphatic carbocycles. The van der Waals surface area contributed by atoms with Crippen molar-refractivity contribution < 1.29 is 13.2 Å². The summed E-state index contributed by atoms with van der Waals surface area (Å²) in [5, 5.41) is -0.0556. The minimum absolute atomic E-state index is 0.0288. The Balaban J connectivity index is 2.40. The third kappa shape index (κ3) is 2.77. The minimum Gasteiger partial charge on any atom is -0.381 e. The number of methoxy groups -OCH3 is 1. The van der Waals surface area contributed by atoms with E-state index in [0.717, 1.165) is 0 Å². The van der Waals surface area contributed by atoms with Crippen molar-refractivity contribution in [3.05, 3.63) is 24.4 Å². The molecule has 0 bridgehead atoms. The van der Waals surface area contributed by atoms with Gasteiger partial charge in [-0.05, 0) is 26.0 Å². The van der Waals surface area contributed by atoms with E-state index in [-0.39, 0.29) is 17.4 Å². The fourth-order valence-corrected chi connectivity index (χ4v) is 3.08. The van der Waals surface area contributed by atoms with Gasteiger partial charge in [-0.2, -0.15) is 0 Å². The zero-order valence-corrected chi connectivity index (χ0v) is 12.4. The molecule has 2 heterocycles. The Morgan fingerprint density at radius 1 is 1.45 bits per heavy atom. The quantitative estimate of drug-likeness (QED) is 0.843. The summed E-state index contributed by atoms with van der Waals surface area (Å²) in [5.41, 5.74) is 5.60. The van der Waals surface area contributed by atoms with E-state index >= 15 is 0 Å². The van der Waals surface area contributed by atoms with Crippen LogP contribution in [0.2, 0.25) is 0 Å². The molecule has 0 aliphatic heterocycles. The lowest BCUT2D eigenvalue weighted by atomic mass is 10.1. The van der Waals surface area contributed by atoms with Crippen LogP contribution in [0, 0.1) is 0 Å². The van der Waals surface area contributed by atoms with Gasteiger partial charge in [-0.3, -0.25) is 4.40 Å².